The Bertz CT molecular complexity index is 730. The van der Waals surface area contributed by atoms with Crippen molar-refractivity contribution in [3.8, 4) is 22.5 Å². The van der Waals surface area contributed by atoms with Crippen LogP contribution >= 0.6 is 0 Å². The van der Waals surface area contributed by atoms with Crippen LogP contribution in [0.1, 0.15) is 11.1 Å². The molecule has 20 heavy (non-hydrogen) atoms. The van der Waals surface area contributed by atoms with Crippen LogP contribution in [0.25, 0.3) is 22.5 Å². The number of benzene rings is 1. The number of nitrogens with zero attached hydrogens (tertiary/aromatic N) is 2. The average molecular weight is 260 g/mol. The Hall–Kier alpha value is -2.48. The van der Waals surface area contributed by atoms with Crippen LogP contribution in [0.15, 0.2) is 60.9 Å². The maximum absolute atomic E-state index is 4.47. The predicted molar refractivity (Wildman–Crippen MR) is 82.4 cm³/mol. The molecular weight excluding hydrogens is 244 g/mol. The van der Waals surface area contributed by atoms with Crippen molar-refractivity contribution in [3.05, 3.63) is 72.1 Å². The van der Waals surface area contributed by atoms with E-state index in [1.807, 2.05) is 31.5 Å². The first-order chi connectivity index (χ1) is 9.72. The number of aryl methyl sites for hydroxylation is 2. The van der Waals surface area contributed by atoms with Crippen molar-refractivity contribution >= 4 is 0 Å². The molecule has 0 aliphatic carbocycles. The summed E-state index contributed by atoms with van der Waals surface area (Å²) in [5, 5.41) is 0. The second kappa shape index (κ2) is 5.25. The Morgan fingerprint density at radius 3 is 2.30 bits per heavy atom. The van der Waals surface area contributed by atoms with E-state index >= 15 is 0 Å². The molecule has 0 bridgehead atoms. The van der Waals surface area contributed by atoms with Gasteiger partial charge in [-0.05, 0) is 43.7 Å². The zero-order valence-electron chi connectivity index (χ0n) is 11.7. The Labute approximate surface area is 119 Å². The van der Waals surface area contributed by atoms with Crippen molar-refractivity contribution < 1.29 is 0 Å². The van der Waals surface area contributed by atoms with Gasteiger partial charge in [-0.1, -0.05) is 29.8 Å². The van der Waals surface area contributed by atoms with Crippen LogP contribution in [0, 0.1) is 13.8 Å². The van der Waals surface area contributed by atoms with Gasteiger partial charge >= 0.3 is 0 Å². The molecule has 1 aromatic carbocycles. The van der Waals surface area contributed by atoms with Crippen molar-refractivity contribution in [3.63, 3.8) is 0 Å². The second-order valence-corrected chi connectivity index (χ2v) is 5.02. The van der Waals surface area contributed by atoms with E-state index in [2.05, 4.69) is 53.3 Å². The van der Waals surface area contributed by atoms with Crippen LogP contribution < -0.4 is 0 Å². The van der Waals surface area contributed by atoms with Gasteiger partial charge < -0.3 is 0 Å². The van der Waals surface area contributed by atoms with Crippen LogP contribution in [0.4, 0.5) is 0 Å². The molecule has 0 N–H and O–H groups in total. The number of rotatable bonds is 2. The summed E-state index contributed by atoms with van der Waals surface area (Å²) in [4.78, 5) is 8.94. The van der Waals surface area contributed by atoms with Gasteiger partial charge in [-0.3, -0.25) is 9.97 Å². The summed E-state index contributed by atoms with van der Waals surface area (Å²) in [5.74, 6) is 0. The molecule has 0 fully saturated rings. The standard InChI is InChI=1S/C18H16N2/c1-13-4-3-5-15(10-13)18-11-16(8-9-19-18)17-7-6-14(2)12-20-17/h3-12H,1-2H3. The Morgan fingerprint density at radius 2 is 1.55 bits per heavy atom. The van der Waals surface area contributed by atoms with Crippen molar-refractivity contribution in [2.45, 2.75) is 13.8 Å². The van der Waals surface area contributed by atoms with E-state index in [0.29, 0.717) is 0 Å². The zero-order chi connectivity index (χ0) is 13.9. The lowest BCUT2D eigenvalue weighted by Gasteiger charge is -2.05. The third-order valence-electron chi connectivity index (χ3n) is 3.28. The molecule has 2 aromatic heterocycles. The molecule has 0 atom stereocenters. The van der Waals surface area contributed by atoms with E-state index in [0.717, 1.165) is 22.5 Å². The molecule has 0 saturated heterocycles. The minimum atomic E-state index is 0.979. The molecule has 0 radical (unpaired) electrons. The largest absolute Gasteiger partial charge is 0.256 e. The zero-order valence-corrected chi connectivity index (χ0v) is 11.7. The highest BCUT2D eigenvalue weighted by Gasteiger charge is 2.04. The lowest BCUT2D eigenvalue weighted by molar-refractivity contribution is 1.25. The third kappa shape index (κ3) is 2.59. The fraction of sp³-hybridized carbons (Fsp3) is 0.111. The van der Waals surface area contributed by atoms with Crippen molar-refractivity contribution in [1.82, 2.24) is 9.97 Å². The summed E-state index contributed by atoms with van der Waals surface area (Å²) in [6.07, 6.45) is 3.73. The number of aromatic nitrogens is 2. The molecular formula is C18H16N2. The molecule has 3 aromatic rings. The highest BCUT2D eigenvalue weighted by Crippen LogP contribution is 2.23. The van der Waals surface area contributed by atoms with E-state index in [1.165, 1.54) is 11.1 Å². The van der Waals surface area contributed by atoms with Crippen LogP contribution in [-0.4, -0.2) is 9.97 Å². The van der Waals surface area contributed by atoms with Gasteiger partial charge in [-0.15, -0.1) is 0 Å². The molecule has 0 spiro atoms. The normalized spacial score (nSPS) is 10.5. The summed E-state index contributed by atoms with van der Waals surface area (Å²) >= 11 is 0. The van der Waals surface area contributed by atoms with Crippen molar-refractivity contribution in [2.24, 2.45) is 0 Å². The van der Waals surface area contributed by atoms with E-state index in [-0.39, 0.29) is 0 Å². The number of hydrogen-bond acceptors (Lipinski definition) is 2. The van der Waals surface area contributed by atoms with Crippen LogP contribution in [0.5, 0.6) is 0 Å². The summed E-state index contributed by atoms with van der Waals surface area (Å²) in [7, 11) is 0. The van der Waals surface area contributed by atoms with Crippen LogP contribution in [-0.2, 0) is 0 Å². The van der Waals surface area contributed by atoms with E-state index in [4.69, 9.17) is 0 Å². The second-order valence-electron chi connectivity index (χ2n) is 5.02. The minimum Gasteiger partial charge on any atom is -0.256 e. The van der Waals surface area contributed by atoms with Crippen molar-refractivity contribution in [2.75, 3.05) is 0 Å². The van der Waals surface area contributed by atoms with Gasteiger partial charge in [-0.2, -0.15) is 0 Å². The van der Waals surface area contributed by atoms with Crippen LogP contribution in [0.2, 0.25) is 0 Å². The highest BCUT2D eigenvalue weighted by molar-refractivity contribution is 5.68. The molecule has 3 rings (SSSR count). The van der Waals surface area contributed by atoms with Gasteiger partial charge in [-0.25, -0.2) is 0 Å². The topological polar surface area (TPSA) is 25.8 Å². The van der Waals surface area contributed by atoms with Crippen LogP contribution in [0.3, 0.4) is 0 Å². The number of pyridine rings is 2. The Morgan fingerprint density at radius 1 is 0.700 bits per heavy atom. The molecule has 0 aliphatic heterocycles. The Kier molecular flexibility index (Phi) is 3.30. The fourth-order valence-electron chi connectivity index (χ4n) is 2.19. The summed E-state index contributed by atoms with van der Waals surface area (Å²) in [6.45, 7) is 4.14. The summed E-state index contributed by atoms with van der Waals surface area (Å²) in [6, 6.07) is 16.6. The lowest BCUT2D eigenvalue weighted by atomic mass is 10.1. The SMILES string of the molecule is Cc1ccc(-c2ccnc(-c3cccc(C)c3)c2)nc1. The van der Waals surface area contributed by atoms with E-state index < -0.39 is 0 Å². The van der Waals surface area contributed by atoms with Crippen molar-refractivity contribution in [1.29, 1.82) is 0 Å². The maximum Gasteiger partial charge on any atom is 0.0708 e. The monoisotopic (exact) mass is 260 g/mol. The van der Waals surface area contributed by atoms with Gasteiger partial charge in [0.2, 0.25) is 0 Å². The summed E-state index contributed by atoms with van der Waals surface area (Å²) in [5.41, 5.74) is 6.60. The van der Waals surface area contributed by atoms with E-state index in [1.54, 1.807) is 0 Å². The third-order valence-corrected chi connectivity index (χ3v) is 3.28. The lowest BCUT2D eigenvalue weighted by Crippen LogP contribution is -1.88. The highest BCUT2D eigenvalue weighted by atomic mass is 14.7. The number of hydrogen-bond donors (Lipinski definition) is 0. The van der Waals surface area contributed by atoms with E-state index in [9.17, 15) is 0 Å². The fourth-order valence-corrected chi connectivity index (χ4v) is 2.19. The molecule has 98 valence electrons. The molecule has 0 aliphatic rings. The maximum atomic E-state index is 4.47. The van der Waals surface area contributed by atoms with Gasteiger partial charge in [0.25, 0.3) is 0 Å². The first-order valence-electron chi connectivity index (χ1n) is 6.68. The molecule has 0 saturated carbocycles. The Balaban J connectivity index is 2.03. The van der Waals surface area contributed by atoms with Gasteiger partial charge in [0.1, 0.15) is 0 Å². The molecule has 0 amide bonds. The summed E-state index contributed by atoms with van der Waals surface area (Å²) < 4.78 is 0. The quantitative estimate of drug-likeness (QED) is 0.681. The average Bonchev–Trinajstić information content (AvgIpc) is 2.48. The first kappa shape index (κ1) is 12.5. The minimum absolute atomic E-state index is 0.979. The molecule has 0 unspecified atom stereocenters. The van der Waals surface area contributed by atoms with Gasteiger partial charge in [0.05, 0.1) is 11.4 Å². The first-order valence-corrected chi connectivity index (χ1v) is 6.68. The molecule has 2 heteroatoms. The predicted octanol–water partition coefficient (Wildman–Crippen LogP) is 4.43. The van der Waals surface area contributed by atoms with Gasteiger partial charge in [0.15, 0.2) is 0 Å². The molecule has 2 nitrogen and oxygen atoms in total. The smallest absolute Gasteiger partial charge is 0.0708 e. The molecule has 2 heterocycles. The van der Waals surface area contributed by atoms with Gasteiger partial charge in [0, 0.05) is 23.5 Å².